The molecule has 0 spiro atoms. The van der Waals surface area contributed by atoms with E-state index < -0.39 is 0 Å². The van der Waals surface area contributed by atoms with Crippen molar-refractivity contribution in [2.45, 2.75) is 6.54 Å². The third-order valence-electron chi connectivity index (χ3n) is 2.67. The number of nitrogens with zero attached hydrogens (tertiary/aromatic N) is 5. The summed E-state index contributed by atoms with van der Waals surface area (Å²) in [6.45, 7) is 0.658. The minimum Gasteiger partial charge on any atom is -0.490 e. The molecule has 2 aromatic rings. The SMILES string of the molecule is COc1c(NN)ncnc1N(C)Cc1cnn(C)c1. The quantitative estimate of drug-likeness (QED) is 0.585. The standard InChI is InChI=1S/C11H17N7O/c1-17(5-8-4-15-18(2)6-8)11-9(19-3)10(16-12)13-7-14-11/h4,6-7H,5,12H2,1-3H3,(H,13,14,16). The zero-order valence-corrected chi connectivity index (χ0v) is 11.2. The molecule has 19 heavy (non-hydrogen) atoms. The number of aromatic nitrogens is 4. The third kappa shape index (κ3) is 2.74. The molecule has 0 aliphatic heterocycles. The number of ether oxygens (including phenoxy) is 1. The lowest BCUT2D eigenvalue weighted by Crippen LogP contribution is -2.20. The van der Waals surface area contributed by atoms with E-state index in [4.69, 9.17) is 10.6 Å². The Morgan fingerprint density at radius 3 is 2.84 bits per heavy atom. The Balaban J connectivity index is 2.25. The van der Waals surface area contributed by atoms with Crippen LogP contribution in [0, 0.1) is 0 Å². The first-order chi connectivity index (χ1) is 9.15. The van der Waals surface area contributed by atoms with Crippen LogP contribution in [0.15, 0.2) is 18.7 Å². The number of rotatable bonds is 5. The zero-order valence-electron chi connectivity index (χ0n) is 11.2. The van der Waals surface area contributed by atoms with Crippen molar-refractivity contribution in [1.29, 1.82) is 0 Å². The summed E-state index contributed by atoms with van der Waals surface area (Å²) < 4.78 is 7.06. The van der Waals surface area contributed by atoms with Crippen molar-refractivity contribution in [3.05, 3.63) is 24.3 Å². The molecule has 8 heteroatoms. The van der Waals surface area contributed by atoms with Gasteiger partial charge in [0.05, 0.1) is 13.3 Å². The number of aryl methyl sites for hydroxylation is 1. The highest BCUT2D eigenvalue weighted by Gasteiger charge is 2.15. The van der Waals surface area contributed by atoms with E-state index in [1.807, 2.05) is 31.4 Å². The minimum absolute atomic E-state index is 0.450. The van der Waals surface area contributed by atoms with Crippen LogP contribution in [0.5, 0.6) is 5.75 Å². The van der Waals surface area contributed by atoms with E-state index in [1.165, 1.54) is 6.33 Å². The monoisotopic (exact) mass is 263 g/mol. The molecule has 0 saturated heterocycles. The van der Waals surface area contributed by atoms with Gasteiger partial charge in [0, 0.05) is 32.4 Å². The van der Waals surface area contributed by atoms with E-state index in [2.05, 4.69) is 20.5 Å². The van der Waals surface area contributed by atoms with Gasteiger partial charge in [0.2, 0.25) is 5.75 Å². The lowest BCUT2D eigenvalue weighted by atomic mass is 10.3. The maximum absolute atomic E-state index is 5.40. The van der Waals surface area contributed by atoms with Gasteiger partial charge < -0.3 is 15.1 Å². The predicted molar refractivity (Wildman–Crippen MR) is 71.7 cm³/mol. The number of nitrogen functional groups attached to an aromatic ring is 1. The van der Waals surface area contributed by atoms with Crippen LogP contribution >= 0.6 is 0 Å². The van der Waals surface area contributed by atoms with Crippen LogP contribution in [0.3, 0.4) is 0 Å². The number of anilines is 2. The second-order valence-electron chi connectivity index (χ2n) is 4.10. The van der Waals surface area contributed by atoms with Crippen LogP contribution in [-0.4, -0.2) is 33.9 Å². The van der Waals surface area contributed by atoms with Crippen LogP contribution in [-0.2, 0) is 13.6 Å². The number of hydrazine groups is 1. The Hall–Kier alpha value is -2.35. The number of nitrogens with one attached hydrogen (secondary N) is 1. The van der Waals surface area contributed by atoms with Crippen molar-refractivity contribution < 1.29 is 4.74 Å². The van der Waals surface area contributed by atoms with E-state index >= 15 is 0 Å². The van der Waals surface area contributed by atoms with Gasteiger partial charge in [-0.1, -0.05) is 0 Å². The summed E-state index contributed by atoms with van der Waals surface area (Å²) in [5, 5.41) is 4.13. The summed E-state index contributed by atoms with van der Waals surface area (Å²) in [5.74, 6) is 7.02. The zero-order chi connectivity index (χ0) is 13.8. The molecular formula is C11H17N7O. The molecule has 2 heterocycles. The Bertz CT molecular complexity index is 554. The van der Waals surface area contributed by atoms with Crippen LogP contribution in [0.4, 0.5) is 11.6 Å². The van der Waals surface area contributed by atoms with E-state index in [1.54, 1.807) is 11.8 Å². The van der Waals surface area contributed by atoms with Gasteiger partial charge in [-0.15, -0.1) is 0 Å². The Morgan fingerprint density at radius 1 is 1.47 bits per heavy atom. The van der Waals surface area contributed by atoms with Crippen molar-refractivity contribution in [2.24, 2.45) is 12.9 Å². The minimum atomic E-state index is 0.450. The molecule has 2 rings (SSSR count). The second kappa shape index (κ2) is 5.53. The summed E-state index contributed by atoms with van der Waals surface area (Å²) in [6, 6.07) is 0. The molecule has 0 atom stereocenters. The molecule has 102 valence electrons. The molecule has 0 unspecified atom stereocenters. The summed E-state index contributed by atoms with van der Waals surface area (Å²) in [7, 11) is 5.35. The molecule has 0 fully saturated rings. The second-order valence-corrected chi connectivity index (χ2v) is 4.10. The van der Waals surface area contributed by atoms with E-state index in [0.717, 1.165) is 5.56 Å². The maximum atomic E-state index is 5.40. The first-order valence-electron chi connectivity index (χ1n) is 5.70. The lowest BCUT2D eigenvalue weighted by Gasteiger charge is -2.20. The van der Waals surface area contributed by atoms with Crippen LogP contribution in [0.25, 0.3) is 0 Å². The first kappa shape index (κ1) is 13.1. The first-order valence-corrected chi connectivity index (χ1v) is 5.70. The topological polar surface area (TPSA) is 94.1 Å². The molecule has 3 N–H and O–H groups in total. The summed E-state index contributed by atoms with van der Waals surface area (Å²) in [4.78, 5) is 10.2. The average molecular weight is 263 g/mol. The van der Waals surface area contributed by atoms with Crippen LogP contribution in [0.2, 0.25) is 0 Å². The van der Waals surface area contributed by atoms with Crippen molar-refractivity contribution in [2.75, 3.05) is 24.5 Å². The van der Waals surface area contributed by atoms with Gasteiger partial charge in [0.25, 0.3) is 0 Å². The van der Waals surface area contributed by atoms with Crippen molar-refractivity contribution in [3.8, 4) is 5.75 Å². The van der Waals surface area contributed by atoms with Gasteiger partial charge in [0.15, 0.2) is 11.6 Å². The highest BCUT2D eigenvalue weighted by molar-refractivity contribution is 5.64. The van der Waals surface area contributed by atoms with Crippen LogP contribution < -0.4 is 20.9 Å². The number of hydrogen-bond acceptors (Lipinski definition) is 7. The molecule has 0 bridgehead atoms. The molecule has 0 radical (unpaired) electrons. The number of methoxy groups -OCH3 is 1. The summed E-state index contributed by atoms with van der Waals surface area (Å²) >= 11 is 0. The smallest absolute Gasteiger partial charge is 0.205 e. The van der Waals surface area contributed by atoms with Gasteiger partial charge in [-0.25, -0.2) is 15.8 Å². The Morgan fingerprint density at radius 2 is 2.26 bits per heavy atom. The molecule has 0 aliphatic carbocycles. The highest BCUT2D eigenvalue weighted by atomic mass is 16.5. The van der Waals surface area contributed by atoms with Gasteiger partial charge in [-0.05, 0) is 0 Å². The molecule has 2 aromatic heterocycles. The Labute approximate surface area is 111 Å². The van der Waals surface area contributed by atoms with E-state index in [0.29, 0.717) is 23.9 Å². The third-order valence-corrected chi connectivity index (χ3v) is 2.67. The molecule has 0 saturated carbocycles. The fraction of sp³-hybridized carbons (Fsp3) is 0.364. The van der Waals surface area contributed by atoms with Crippen LogP contribution in [0.1, 0.15) is 5.56 Å². The van der Waals surface area contributed by atoms with Crippen molar-refractivity contribution in [1.82, 2.24) is 19.7 Å². The molecule has 8 nitrogen and oxygen atoms in total. The van der Waals surface area contributed by atoms with Gasteiger partial charge in [-0.2, -0.15) is 5.10 Å². The van der Waals surface area contributed by atoms with E-state index in [9.17, 15) is 0 Å². The normalized spacial score (nSPS) is 10.3. The summed E-state index contributed by atoms with van der Waals surface area (Å²) in [5.41, 5.74) is 3.57. The molecule has 0 aliphatic rings. The number of hydrogen-bond donors (Lipinski definition) is 2. The summed E-state index contributed by atoms with van der Waals surface area (Å²) in [6.07, 6.45) is 5.20. The molecule has 0 aromatic carbocycles. The molecule has 0 amide bonds. The fourth-order valence-electron chi connectivity index (χ4n) is 1.83. The highest BCUT2D eigenvalue weighted by Crippen LogP contribution is 2.31. The molecular weight excluding hydrogens is 246 g/mol. The van der Waals surface area contributed by atoms with E-state index in [-0.39, 0.29) is 0 Å². The lowest BCUT2D eigenvalue weighted by molar-refractivity contribution is 0.412. The number of nitrogens with two attached hydrogens (primary N) is 1. The Kier molecular flexibility index (Phi) is 3.81. The van der Waals surface area contributed by atoms with Crippen molar-refractivity contribution in [3.63, 3.8) is 0 Å². The van der Waals surface area contributed by atoms with Crippen molar-refractivity contribution >= 4 is 11.6 Å². The van der Waals surface area contributed by atoms with Gasteiger partial charge in [0.1, 0.15) is 6.33 Å². The maximum Gasteiger partial charge on any atom is 0.205 e. The predicted octanol–water partition coefficient (Wildman–Crippen LogP) is 0.141. The van der Waals surface area contributed by atoms with Gasteiger partial charge >= 0.3 is 0 Å². The average Bonchev–Trinajstić information content (AvgIpc) is 2.82. The largest absolute Gasteiger partial charge is 0.490 e. The fourth-order valence-corrected chi connectivity index (χ4v) is 1.83. The van der Waals surface area contributed by atoms with Gasteiger partial charge in [-0.3, -0.25) is 4.68 Å².